The third-order valence-electron chi connectivity index (χ3n) is 10.1. The van der Waals surface area contributed by atoms with Crippen molar-refractivity contribution in [3.8, 4) is 0 Å². The maximum Gasteiger partial charge on any atom is 0.363 e. The zero-order valence-corrected chi connectivity index (χ0v) is 27.3. The van der Waals surface area contributed by atoms with E-state index >= 15 is 0 Å². The van der Waals surface area contributed by atoms with Crippen LogP contribution in [0.5, 0.6) is 0 Å². The molecular weight excluding hydrogens is 632 g/mol. The van der Waals surface area contributed by atoms with Crippen molar-refractivity contribution in [2.75, 3.05) is 32.1 Å². The van der Waals surface area contributed by atoms with E-state index in [-0.39, 0.29) is 29.3 Å². The highest BCUT2D eigenvalue weighted by molar-refractivity contribution is 7.51. The van der Waals surface area contributed by atoms with Crippen LogP contribution in [0.1, 0.15) is 64.7 Å². The zero-order chi connectivity index (χ0) is 32.5. The van der Waals surface area contributed by atoms with E-state index in [4.69, 9.17) is 0 Å². The SMILES string of the molecule is CN(C)c1ccncc1C1CN(C(=O)[C@@H]2CC[C@@H]3C[C@@H]4C[C@@H]4C[C@H](NC(=O)c4cc5cc([C@@H](F)P(=O)(O)O)ccc5s4)C(=O)N32)C1. The number of alkyl halides is 1. The van der Waals surface area contributed by atoms with Crippen LogP contribution in [0.25, 0.3) is 10.1 Å². The molecule has 3 saturated heterocycles. The molecular formula is C32H37FN5O6PS. The van der Waals surface area contributed by atoms with Crippen LogP contribution in [-0.2, 0) is 14.2 Å². The minimum Gasteiger partial charge on any atom is -0.377 e. The topological polar surface area (TPSA) is 143 Å². The maximum absolute atomic E-state index is 14.3. The fourth-order valence-corrected chi connectivity index (χ4v) is 9.06. The van der Waals surface area contributed by atoms with Gasteiger partial charge in [0.25, 0.3) is 5.91 Å². The second-order valence-electron chi connectivity index (χ2n) is 13.3. The number of anilines is 1. The van der Waals surface area contributed by atoms with Gasteiger partial charge in [0, 0.05) is 67.5 Å². The Kier molecular flexibility index (Phi) is 7.94. The van der Waals surface area contributed by atoms with Gasteiger partial charge in [0.2, 0.25) is 17.7 Å². The number of carbonyl (C=O) groups excluding carboxylic acids is 3. The van der Waals surface area contributed by atoms with Crippen LogP contribution < -0.4 is 10.2 Å². The number of thiophene rings is 1. The second kappa shape index (κ2) is 11.7. The quantitative estimate of drug-likeness (QED) is 0.320. The van der Waals surface area contributed by atoms with E-state index in [0.717, 1.165) is 41.9 Å². The molecule has 5 heterocycles. The van der Waals surface area contributed by atoms with Gasteiger partial charge in [0.1, 0.15) is 12.1 Å². The average molecular weight is 670 g/mol. The molecule has 11 nitrogen and oxygen atoms in total. The van der Waals surface area contributed by atoms with Crippen LogP contribution in [0.2, 0.25) is 0 Å². The highest BCUT2D eigenvalue weighted by Crippen LogP contribution is 2.53. The van der Waals surface area contributed by atoms with Gasteiger partial charge in [-0.2, -0.15) is 0 Å². The summed E-state index contributed by atoms with van der Waals surface area (Å²) in [6.45, 7) is 1.15. The van der Waals surface area contributed by atoms with E-state index in [1.165, 1.54) is 18.2 Å². The Morgan fingerprint density at radius 3 is 2.61 bits per heavy atom. The summed E-state index contributed by atoms with van der Waals surface area (Å²) in [5.41, 5.74) is 2.02. The number of rotatable bonds is 7. The van der Waals surface area contributed by atoms with Gasteiger partial charge < -0.3 is 29.8 Å². The third-order valence-corrected chi connectivity index (χ3v) is 12.1. The standard InChI is InChI=1S/C32H37FN5O6PS/c1-36(2)25-7-8-34-14-23(25)21-15-37(16-21)32(41)26-5-4-22-11-18-10-19(18)12-24(31(40)38(22)26)35-30(39)28-13-20-9-17(3-6-27(20)46-28)29(33)45(42,43)44/h3,6-9,13-14,18-19,21-22,24,26,29H,4-5,10-12,15-16H2,1-2H3,(H,35,39)(H2,42,43,44)/t18-,19+,22+,24-,26-,29-/m0/s1. The Morgan fingerprint density at radius 2 is 1.87 bits per heavy atom. The summed E-state index contributed by atoms with van der Waals surface area (Å²) in [4.78, 5) is 70.2. The maximum atomic E-state index is 14.3. The third kappa shape index (κ3) is 5.72. The number of hydrogen-bond acceptors (Lipinski definition) is 7. The normalized spacial score (nSPS) is 26.9. The monoisotopic (exact) mass is 669 g/mol. The predicted molar refractivity (Wildman–Crippen MR) is 171 cm³/mol. The number of pyridine rings is 1. The number of carbonyl (C=O) groups is 3. The fourth-order valence-electron chi connectivity index (χ4n) is 7.56. The van der Waals surface area contributed by atoms with E-state index in [0.29, 0.717) is 52.7 Å². The molecule has 3 amide bonds. The van der Waals surface area contributed by atoms with Crippen molar-refractivity contribution in [3.63, 3.8) is 0 Å². The van der Waals surface area contributed by atoms with Crippen LogP contribution in [0.4, 0.5) is 10.1 Å². The highest BCUT2D eigenvalue weighted by Gasteiger charge is 2.52. The van der Waals surface area contributed by atoms with Crippen molar-refractivity contribution in [3.05, 3.63) is 58.7 Å². The van der Waals surface area contributed by atoms with E-state index in [1.807, 2.05) is 36.2 Å². The van der Waals surface area contributed by atoms with Crippen molar-refractivity contribution in [2.24, 2.45) is 11.8 Å². The average Bonchev–Trinajstić information content (AvgIpc) is 3.35. The van der Waals surface area contributed by atoms with Gasteiger partial charge in [-0.3, -0.25) is 23.9 Å². The molecule has 3 aliphatic heterocycles. The summed E-state index contributed by atoms with van der Waals surface area (Å²) in [5, 5.41) is 3.44. The lowest BCUT2D eigenvalue weighted by Gasteiger charge is -2.44. The van der Waals surface area contributed by atoms with Gasteiger partial charge in [0.05, 0.1) is 4.88 Å². The first-order valence-corrected chi connectivity index (χ1v) is 18.1. The molecule has 4 fully saturated rings. The Balaban J connectivity index is 1.06. The molecule has 4 aliphatic rings. The van der Waals surface area contributed by atoms with Gasteiger partial charge >= 0.3 is 7.60 Å². The summed E-state index contributed by atoms with van der Waals surface area (Å²) < 4.78 is 26.4. The van der Waals surface area contributed by atoms with Gasteiger partial charge in [-0.05, 0) is 79.2 Å². The molecule has 3 aromatic rings. The number of benzene rings is 1. The molecule has 0 bridgehead atoms. The molecule has 7 rings (SSSR count). The van der Waals surface area contributed by atoms with Crippen molar-refractivity contribution < 1.29 is 33.1 Å². The first-order chi connectivity index (χ1) is 21.9. The van der Waals surface area contributed by atoms with Crippen LogP contribution in [-0.4, -0.2) is 87.6 Å². The summed E-state index contributed by atoms with van der Waals surface area (Å²) in [6, 6.07) is 6.34. The molecule has 0 spiro atoms. The van der Waals surface area contributed by atoms with E-state index in [2.05, 4.69) is 10.3 Å². The first kappa shape index (κ1) is 31.2. The number of nitrogens with zero attached hydrogens (tertiary/aromatic N) is 4. The van der Waals surface area contributed by atoms with E-state index in [9.17, 15) is 33.1 Å². The van der Waals surface area contributed by atoms with Crippen molar-refractivity contribution in [1.82, 2.24) is 20.1 Å². The van der Waals surface area contributed by atoms with Gasteiger partial charge in [-0.15, -0.1) is 11.3 Å². The van der Waals surface area contributed by atoms with E-state index in [1.54, 1.807) is 17.2 Å². The van der Waals surface area contributed by atoms with Crippen molar-refractivity contribution in [2.45, 2.75) is 62.1 Å². The van der Waals surface area contributed by atoms with E-state index < -0.39 is 31.5 Å². The zero-order valence-electron chi connectivity index (χ0n) is 25.6. The first-order valence-electron chi connectivity index (χ1n) is 15.6. The Morgan fingerprint density at radius 1 is 1.11 bits per heavy atom. The largest absolute Gasteiger partial charge is 0.377 e. The molecule has 0 radical (unpaired) electrons. The van der Waals surface area contributed by atoms with Crippen LogP contribution in [0.3, 0.4) is 0 Å². The Hall–Kier alpha value is -3.38. The number of likely N-dealkylation sites (tertiary alicyclic amines) is 1. The molecule has 1 aliphatic carbocycles. The number of amides is 3. The summed E-state index contributed by atoms with van der Waals surface area (Å²) in [6.07, 6.45) is 7.40. The lowest BCUT2D eigenvalue weighted by molar-refractivity contribution is -0.149. The lowest BCUT2D eigenvalue weighted by Crippen LogP contribution is -2.59. The Bertz CT molecular complexity index is 1760. The summed E-state index contributed by atoms with van der Waals surface area (Å²) >= 11 is 1.16. The number of halogens is 1. The van der Waals surface area contributed by atoms with Crippen LogP contribution >= 0.6 is 18.9 Å². The molecule has 1 saturated carbocycles. The van der Waals surface area contributed by atoms with Crippen molar-refractivity contribution in [1.29, 1.82) is 0 Å². The number of hydrogen-bond donors (Lipinski definition) is 3. The molecule has 244 valence electrons. The number of nitrogens with one attached hydrogen (secondary N) is 1. The van der Waals surface area contributed by atoms with Crippen LogP contribution in [0.15, 0.2) is 42.7 Å². The van der Waals surface area contributed by atoms with Crippen LogP contribution in [0, 0.1) is 11.8 Å². The number of aromatic nitrogens is 1. The lowest BCUT2D eigenvalue weighted by atomic mass is 9.90. The van der Waals surface area contributed by atoms with Gasteiger partial charge in [-0.1, -0.05) is 6.07 Å². The summed E-state index contributed by atoms with van der Waals surface area (Å²) in [7, 11) is -1.00. The smallest absolute Gasteiger partial charge is 0.363 e. The molecule has 14 heteroatoms. The van der Waals surface area contributed by atoms with Gasteiger partial charge in [-0.25, -0.2) is 4.39 Å². The minimum absolute atomic E-state index is 0.0303. The second-order valence-corrected chi connectivity index (χ2v) is 16.1. The summed E-state index contributed by atoms with van der Waals surface area (Å²) in [5.74, 6) is -2.14. The molecule has 0 unspecified atom stereocenters. The van der Waals surface area contributed by atoms with Gasteiger partial charge in [0.15, 0.2) is 0 Å². The molecule has 1 aromatic carbocycles. The minimum atomic E-state index is -4.97. The fraction of sp³-hybridized carbons (Fsp3) is 0.500. The molecule has 3 N–H and O–H groups in total. The highest BCUT2D eigenvalue weighted by atomic mass is 32.1. The number of fused-ring (bicyclic) bond motifs is 3. The molecule has 46 heavy (non-hydrogen) atoms. The molecule has 6 atom stereocenters. The predicted octanol–water partition coefficient (Wildman–Crippen LogP) is 4.02. The molecule has 2 aromatic heterocycles. The Labute approximate surface area is 269 Å². The van der Waals surface area contributed by atoms with Crippen molar-refractivity contribution >= 4 is 52.4 Å².